The summed E-state index contributed by atoms with van der Waals surface area (Å²) in [6.45, 7) is 4.21. The van der Waals surface area contributed by atoms with Crippen LogP contribution in [0.1, 0.15) is 17.5 Å². The van der Waals surface area contributed by atoms with Crippen molar-refractivity contribution in [2.24, 2.45) is 5.92 Å². The monoisotopic (exact) mass is 387 g/mol. The van der Waals surface area contributed by atoms with E-state index in [1.807, 2.05) is 32.0 Å². The van der Waals surface area contributed by atoms with Crippen molar-refractivity contribution >= 4 is 40.5 Å². The maximum atomic E-state index is 12.6. The van der Waals surface area contributed by atoms with E-state index in [9.17, 15) is 19.7 Å². The van der Waals surface area contributed by atoms with Crippen LogP contribution in [0.15, 0.2) is 36.4 Å². The van der Waals surface area contributed by atoms with Gasteiger partial charge in [0.15, 0.2) is 0 Å². The average Bonchev–Trinajstić information content (AvgIpc) is 3.01. The molecule has 1 heterocycles. The maximum Gasteiger partial charge on any atom is 0.271 e. The van der Waals surface area contributed by atoms with Crippen LogP contribution in [0.3, 0.4) is 0 Å². The number of halogens is 1. The number of aryl methyl sites for hydroxylation is 2. The number of nitro benzene ring substituents is 1. The predicted octanol–water partition coefficient (Wildman–Crippen LogP) is 3.86. The largest absolute Gasteiger partial charge is 0.324 e. The van der Waals surface area contributed by atoms with Gasteiger partial charge in [0.05, 0.1) is 21.6 Å². The van der Waals surface area contributed by atoms with Crippen molar-refractivity contribution in [2.45, 2.75) is 20.3 Å². The third-order valence-corrected chi connectivity index (χ3v) is 5.05. The first-order valence-corrected chi connectivity index (χ1v) is 8.76. The number of nitro groups is 1. The fraction of sp³-hybridized carbons (Fsp3) is 0.263. The van der Waals surface area contributed by atoms with Gasteiger partial charge >= 0.3 is 0 Å². The molecule has 1 N–H and O–H groups in total. The molecule has 0 aromatic heterocycles. The molecule has 1 fully saturated rings. The van der Waals surface area contributed by atoms with Crippen molar-refractivity contribution < 1.29 is 14.5 Å². The highest BCUT2D eigenvalue weighted by molar-refractivity contribution is 6.33. The van der Waals surface area contributed by atoms with Gasteiger partial charge in [-0.15, -0.1) is 0 Å². The van der Waals surface area contributed by atoms with Crippen molar-refractivity contribution in [3.05, 3.63) is 62.7 Å². The number of nitrogens with one attached hydrogen (secondary N) is 1. The molecule has 27 heavy (non-hydrogen) atoms. The van der Waals surface area contributed by atoms with Crippen molar-refractivity contribution in [2.75, 3.05) is 16.8 Å². The first-order chi connectivity index (χ1) is 12.8. The van der Waals surface area contributed by atoms with Crippen LogP contribution in [0.2, 0.25) is 5.02 Å². The Kier molecular flexibility index (Phi) is 5.14. The van der Waals surface area contributed by atoms with Gasteiger partial charge in [-0.25, -0.2) is 0 Å². The zero-order chi connectivity index (χ0) is 19.7. The Hall–Kier alpha value is -2.93. The van der Waals surface area contributed by atoms with Crippen LogP contribution in [-0.2, 0) is 9.59 Å². The van der Waals surface area contributed by atoms with E-state index in [0.29, 0.717) is 0 Å². The molecule has 1 atom stereocenters. The summed E-state index contributed by atoms with van der Waals surface area (Å²) in [5.74, 6) is -1.09. The number of nitrogens with zero attached hydrogens (tertiary/aromatic N) is 2. The first-order valence-electron chi connectivity index (χ1n) is 8.38. The molecule has 0 aliphatic carbocycles. The Morgan fingerprint density at radius 1 is 1.22 bits per heavy atom. The van der Waals surface area contributed by atoms with Crippen LogP contribution in [0, 0.1) is 29.9 Å². The number of benzene rings is 2. The SMILES string of the molecule is Cc1ccc(N2CC(C(=O)Nc3cc([N+](=O)[O-])ccc3Cl)CC2=O)cc1C. The van der Waals surface area contributed by atoms with Gasteiger partial charge in [-0.05, 0) is 43.2 Å². The van der Waals surface area contributed by atoms with Crippen molar-refractivity contribution in [1.29, 1.82) is 0 Å². The normalized spacial score (nSPS) is 16.5. The number of rotatable bonds is 4. The first kappa shape index (κ1) is 18.8. The van der Waals surface area contributed by atoms with Gasteiger partial charge in [-0.1, -0.05) is 17.7 Å². The minimum Gasteiger partial charge on any atom is -0.324 e. The molecule has 0 saturated carbocycles. The van der Waals surface area contributed by atoms with Crippen molar-refractivity contribution in [3.63, 3.8) is 0 Å². The lowest BCUT2D eigenvalue weighted by Crippen LogP contribution is -2.28. The quantitative estimate of drug-likeness (QED) is 0.636. The molecule has 8 heteroatoms. The Labute approximate surface area is 161 Å². The van der Waals surface area contributed by atoms with Gasteiger partial charge in [-0.3, -0.25) is 19.7 Å². The summed E-state index contributed by atoms with van der Waals surface area (Å²) in [6, 6.07) is 9.55. The van der Waals surface area contributed by atoms with Crippen LogP contribution >= 0.6 is 11.6 Å². The summed E-state index contributed by atoms with van der Waals surface area (Å²) in [4.78, 5) is 36.9. The number of amides is 2. The molecule has 7 nitrogen and oxygen atoms in total. The van der Waals surface area contributed by atoms with Gasteiger partial charge in [0.25, 0.3) is 5.69 Å². The second kappa shape index (κ2) is 7.36. The topological polar surface area (TPSA) is 92.6 Å². The van der Waals surface area contributed by atoms with Gasteiger partial charge in [0.2, 0.25) is 11.8 Å². The molecule has 2 amide bonds. The standard InChI is InChI=1S/C19H18ClN3O4/c1-11-3-4-14(7-12(11)2)22-10-13(8-18(22)24)19(25)21-17-9-15(23(26)27)5-6-16(17)20/h3-7,9,13H,8,10H2,1-2H3,(H,21,25). The number of hydrogen-bond acceptors (Lipinski definition) is 4. The highest BCUT2D eigenvalue weighted by Crippen LogP contribution is 2.30. The molecule has 0 spiro atoms. The Bertz CT molecular complexity index is 945. The molecule has 2 aromatic carbocycles. The Morgan fingerprint density at radius 3 is 2.63 bits per heavy atom. The molecule has 140 valence electrons. The molecule has 1 unspecified atom stereocenters. The second-order valence-corrected chi connectivity index (χ2v) is 6.99. The molecule has 2 aromatic rings. The molecular weight excluding hydrogens is 370 g/mol. The molecule has 3 rings (SSSR count). The number of carbonyl (C=O) groups is 2. The Morgan fingerprint density at radius 2 is 1.96 bits per heavy atom. The lowest BCUT2D eigenvalue weighted by Gasteiger charge is -2.18. The highest BCUT2D eigenvalue weighted by atomic mass is 35.5. The van der Waals surface area contributed by atoms with E-state index in [2.05, 4.69) is 5.32 Å². The number of hydrogen-bond donors (Lipinski definition) is 1. The number of non-ortho nitro benzene ring substituents is 1. The van der Waals surface area contributed by atoms with Crippen LogP contribution in [0.5, 0.6) is 0 Å². The van der Waals surface area contributed by atoms with E-state index in [-0.39, 0.29) is 35.3 Å². The number of anilines is 2. The fourth-order valence-corrected chi connectivity index (χ4v) is 3.15. The summed E-state index contributed by atoms with van der Waals surface area (Å²) in [7, 11) is 0. The maximum absolute atomic E-state index is 12.6. The van der Waals surface area contributed by atoms with E-state index >= 15 is 0 Å². The summed E-state index contributed by atoms with van der Waals surface area (Å²) in [6.07, 6.45) is 0.0747. The van der Waals surface area contributed by atoms with E-state index in [4.69, 9.17) is 11.6 Å². The molecular formula is C19H18ClN3O4. The molecule has 0 radical (unpaired) electrons. The summed E-state index contributed by atoms with van der Waals surface area (Å²) in [5, 5.41) is 13.7. The zero-order valence-corrected chi connectivity index (χ0v) is 15.6. The minimum atomic E-state index is -0.563. The third kappa shape index (κ3) is 3.93. The Balaban J connectivity index is 1.75. The van der Waals surface area contributed by atoms with Gasteiger partial charge < -0.3 is 10.2 Å². The molecule has 1 aliphatic heterocycles. The van der Waals surface area contributed by atoms with Crippen LogP contribution < -0.4 is 10.2 Å². The van der Waals surface area contributed by atoms with Crippen LogP contribution in [-0.4, -0.2) is 23.3 Å². The summed E-state index contributed by atoms with van der Waals surface area (Å²) in [5.41, 5.74) is 2.94. The van der Waals surface area contributed by atoms with Gasteiger partial charge in [-0.2, -0.15) is 0 Å². The minimum absolute atomic E-state index is 0.0747. The van der Waals surface area contributed by atoms with E-state index in [1.165, 1.54) is 18.2 Å². The van der Waals surface area contributed by atoms with E-state index in [0.717, 1.165) is 16.8 Å². The van der Waals surface area contributed by atoms with Gasteiger partial charge in [0, 0.05) is 30.8 Å². The van der Waals surface area contributed by atoms with E-state index < -0.39 is 16.7 Å². The summed E-state index contributed by atoms with van der Waals surface area (Å²) < 4.78 is 0. The van der Waals surface area contributed by atoms with Gasteiger partial charge in [0.1, 0.15) is 0 Å². The van der Waals surface area contributed by atoms with Crippen LogP contribution in [0.25, 0.3) is 0 Å². The fourth-order valence-electron chi connectivity index (χ4n) is 2.98. The molecule has 1 aliphatic rings. The lowest BCUT2D eigenvalue weighted by atomic mass is 10.1. The molecule has 0 bridgehead atoms. The van der Waals surface area contributed by atoms with Crippen LogP contribution in [0.4, 0.5) is 17.1 Å². The smallest absolute Gasteiger partial charge is 0.271 e. The number of carbonyl (C=O) groups excluding carboxylic acids is 2. The predicted molar refractivity (Wildman–Crippen MR) is 103 cm³/mol. The summed E-state index contributed by atoms with van der Waals surface area (Å²) >= 11 is 6.02. The second-order valence-electron chi connectivity index (χ2n) is 6.58. The highest BCUT2D eigenvalue weighted by Gasteiger charge is 2.35. The van der Waals surface area contributed by atoms with Crippen molar-refractivity contribution in [3.8, 4) is 0 Å². The van der Waals surface area contributed by atoms with Crippen molar-refractivity contribution in [1.82, 2.24) is 0 Å². The lowest BCUT2D eigenvalue weighted by molar-refractivity contribution is -0.384. The van der Waals surface area contributed by atoms with E-state index in [1.54, 1.807) is 4.90 Å². The third-order valence-electron chi connectivity index (χ3n) is 4.72. The zero-order valence-electron chi connectivity index (χ0n) is 14.9. The molecule has 1 saturated heterocycles. The average molecular weight is 388 g/mol.